The van der Waals surface area contributed by atoms with Crippen LogP contribution in [0.5, 0.6) is 0 Å². The first-order valence-electron chi connectivity index (χ1n) is 16.5. The maximum atomic E-state index is 15.9. The summed E-state index contributed by atoms with van der Waals surface area (Å²) in [5, 5.41) is 6.67. The Hall–Kier alpha value is -3.65. The molecule has 0 saturated carbocycles. The Morgan fingerprint density at radius 3 is 2.45 bits per heavy atom. The number of sulfone groups is 1. The number of hydrogen-bond acceptors (Lipinski definition) is 8. The fraction of sp³-hybridized carbons (Fsp3) is 0.576. The number of benzene rings is 1. The Bertz CT molecular complexity index is 1870. The molecular weight excluding hydrogens is 630 g/mol. The van der Waals surface area contributed by atoms with Crippen LogP contribution in [0.1, 0.15) is 81.1 Å². The highest BCUT2D eigenvalue weighted by Crippen LogP contribution is 2.42. The number of carbonyl (C=O) groups is 1. The van der Waals surface area contributed by atoms with Crippen LogP contribution in [0, 0.1) is 5.92 Å². The first-order valence-corrected chi connectivity index (χ1v) is 18.3. The van der Waals surface area contributed by atoms with Gasteiger partial charge >= 0.3 is 5.69 Å². The van der Waals surface area contributed by atoms with Crippen molar-refractivity contribution in [1.82, 2.24) is 24.8 Å². The number of halogens is 2. The summed E-state index contributed by atoms with van der Waals surface area (Å²) in [5.74, 6) is -3.98. The van der Waals surface area contributed by atoms with Crippen molar-refractivity contribution < 1.29 is 22.0 Å². The van der Waals surface area contributed by atoms with Crippen LogP contribution in [0.15, 0.2) is 40.1 Å². The highest BCUT2D eigenvalue weighted by atomic mass is 32.2. The Morgan fingerprint density at radius 1 is 1.00 bits per heavy atom. The average Bonchev–Trinajstić information content (AvgIpc) is 3.05. The van der Waals surface area contributed by atoms with Crippen LogP contribution < -0.4 is 21.9 Å². The molecular formula is C33H42F2N6O5S. The van der Waals surface area contributed by atoms with Crippen molar-refractivity contribution in [3.63, 3.8) is 0 Å². The molecule has 11 nitrogen and oxygen atoms in total. The third-order valence-electron chi connectivity index (χ3n) is 10.2. The van der Waals surface area contributed by atoms with Gasteiger partial charge in [0.2, 0.25) is 5.91 Å². The van der Waals surface area contributed by atoms with E-state index >= 15 is 8.78 Å². The molecule has 4 aliphatic rings. The van der Waals surface area contributed by atoms with Gasteiger partial charge in [-0.05, 0) is 83.5 Å². The summed E-state index contributed by atoms with van der Waals surface area (Å²) >= 11 is 0. The monoisotopic (exact) mass is 672 g/mol. The second-order valence-electron chi connectivity index (χ2n) is 13.2. The van der Waals surface area contributed by atoms with E-state index in [0.717, 1.165) is 0 Å². The standard InChI is InChI=1S/C33H42F2N6O5S/c1-20-22-6-5-7-24(18-22)33(34,35)23-9-14-40(15-10-23)21(2)30(42)36-13-4-3-8-26-28-27(29(37-20)39-32(44)38-28)19-41(31(26)43)25-11-16-47(45,46)17-12-25/h5-7,18-21,23,25H,3-4,8-17H2,1-2H3,(H,36,42)(H2,37,38,39,44)/t20-,21-/m1/s1. The van der Waals surface area contributed by atoms with Gasteiger partial charge in [0.05, 0.1) is 28.5 Å². The normalized spacial score (nSPS) is 27.1. The topological polar surface area (TPSA) is 146 Å². The van der Waals surface area contributed by atoms with E-state index in [2.05, 4.69) is 20.6 Å². The van der Waals surface area contributed by atoms with Gasteiger partial charge in [-0.2, -0.15) is 4.98 Å². The Balaban J connectivity index is 1.43. The molecule has 2 saturated heterocycles. The van der Waals surface area contributed by atoms with Crippen LogP contribution >= 0.6 is 0 Å². The van der Waals surface area contributed by atoms with E-state index in [1.807, 2.05) is 4.90 Å². The number of aryl methyl sites for hydroxylation is 1. The molecule has 2 aromatic heterocycles. The predicted molar refractivity (Wildman–Crippen MR) is 176 cm³/mol. The molecule has 2 fully saturated rings. The van der Waals surface area contributed by atoms with E-state index in [1.165, 1.54) is 12.1 Å². The predicted octanol–water partition coefficient (Wildman–Crippen LogP) is 3.65. The molecule has 7 rings (SSSR count). The largest absolute Gasteiger partial charge is 0.363 e. The first-order chi connectivity index (χ1) is 22.3. The zero-order valence-corrected chi connectivity index (χ0v) is 27.5. The van der Waals surface area contributed by atoms with Crippen molar-refractivity contribution in [3.8, 4) is 0 Å². The van der Waals surface area contributed by atoms with Gasteiger partial charge in [-0.1, -0.05) is 18.2 Å². The minimum absolute atomic E-state index is 0.0269. The summed E-state index contributed by atoms with van der Waals surface area (Å²) in [4.78, 5) is 48.7. The molecule has 6 heterocycles. The first kappa shape index (κ1) is 33.3. The Kier molecular flexibility index (Phi) is 9.27. The third kappa shape index (κ3) is 6.85. The fourth-order valence-corrected chi connectivity index (χ4v) is 8.68. The number of fused-ring (bicyclic) bond motifs is 9. The molecule has 47 heavy (non-hydrogen) atoms. The van der Waals surface area contributed by atoms with E-state index in [9.17, 15) is 22.8 Å². The quantitative estimate of drug-likeness (QED) is 0.355. The number of aromatic amines is 1. The third-order valence-corrected chi connectivity index (χ3v) is 11.9. The molecule has 3 N–H and O–H groups in total. The van der Waals surface area contributed by atoms with Gasteiger partial charge in [0.1, 0.15) is 15.7 Å². The van der Waals surface area contributed by atoms with Crippen LogP contribution in [-0.4, -0.2) is 70.9 Å². The van der Waals surface area contributed by atoms with Crippen molar-refractivity contribution in [2.24, 2.45) is 5.92 Å². The molecule has 4 aliphatic heterocycles. The van der Waals surface area contributed by atoms with Gasteiger partial charge in [0, 0.05) is 41.9 Å². The number of anilines is 1. The van der Waals surface area contributed by atoms with Gasteiger partial charge in [-0.25, -0.2) is 22.0 Å². The number of rotatable bonds is 1. The number of aromatic nitrogens is 3. The number of nitrogens with one attached hydrogen (secondary N) is 3. The molecule has 2 atom stereocenters. The molecule has 8 bridgehead atoms. The van der Waals surface area contributed by atoms with E-state index in [0.29, 0.717) is 60.9 Å². The van der Waals surface area contributed by atoms with Crippen molar-refractivity contribution in [1.29, 1.82) is 0 Å². The molecule has 0 spiro atoms. The maximum absolute atomic E-state index is 15.9. The molecule has 0 unspecified atom stereocenters. The summed E-state index contributed by atoms with van der Waals surface area (Å²) in [6.07, 6.45) is 4.13. The highest BCUT2D eigenvalue weighted by Gasteiger charge is 2.43. The minimum atomic E-state index is -3.18. The maximum Gasteiger partial charge on any atom is 0.347 e. The lowest BCUT2D eigenvalue weighted by Crippen LogP contribution is -2.49. The van der Waals surface area contributed by atoms with Crippen LogP contribution in [0.3, 0.4) is 0 Å². The SMILES string of the molecule is C[C@@H]1C(=O)NCCCCc2c(=O)n(C3CCS(=O)(=O)CC3)cc3c(nc(=O)[nH]c23)N[C@H](C)c2cccc(c2)C(F)(F)C2CCN1CC2. The smallest absolute Gasteiger partial charge is 0.347 e. The van der Waals surface area contributed by atoms with Crippen LogP contribution in [0.2, 0.25) is 0 Å². The molecule has 1 aromatic carbocycles. The minimum Gasteiger partial charge on any atom is -0.363 e. The molecule has 14 heteroatoms. The number of nitrogens with zero attached hydrogens (tertiary/aromatic N) is 3. The Morgan fingerprint density at radius 2 is 1.72 bits per heavy atom. The Labute approximate surface area is 272 Å². The number of carbonyl (C=O) groups excluding carboxylic acids is 1. The number of piperidine rings is 1. The fourth-order valence-electron chi connectivity index (χ4n) is 7.22. The van der Waals surface area contributed by atoms with Crippen molar-refractivity contribution in [3.05, 3.63) is 68.0 Å². The lowest BCUT2D eigenvalue weighted by Gasteiger charge is -2.38. The van der Waals surface area contributed by atoms with Gasteiger partial charge in [-0.15, -0.1) is 0 Å². The lowest BCUT2D eigenvalue weighted by molar-refractivity contribution is -0.128. The summed E-state index contributed by atoms with van der Waals surface area (Å²) in [7, 11) is -3.18. The number of amides is 1. The molecule has 0 aliphatic carbocycles. The molecule has 254 valence electrons. The van der Waals surface area contributed by atoms with Crippen LogP contribution in [-0.2, 0) is 27.0 Å². The van der Waals surface area contributed by atoms with Gasteiger partial charge in [-0.3, -0.25) is 14.5 Å². The lowest BCUT2D eigenvalue weighted by atomic mass is 9.85. The summed E-state index contributed by atoms with van der Waals surface area (Å²) in [6.45, 7) is 4.75. The second-order valence-corrected chi connectivity index (χ2v) is 15.5. The van der Waals surface area contributed by atoms with Gasteiger partial charge in [0.25, 0.3) is 11.5 Å². The highest BCUT2D eigenvalue weighted by molar-refractivity contribution is 7.91. The van der Waals surface area contributed by atoms with Crippen molar-refractivity contribution >= 4 is 32.5 Å². The van der Waals surface area contributed by atoms with E-state index in [1.54, 1.807) is 36.7 Å². The summed E-state index contributed by atoms with van der Waals surface area (Å²) < 4.78 is 57.8. The number of hydrogen-bond donors (Lipinski definition) is 3. The van der Waals surface area contributed by atoms with Crippen LogP contribution in [0.25, 0.3) is 10.9 Å². The molecule has 1 amide bonds. The van der Waals surface area contributed by atoms with E-state index < -0.39 is 39.5 Å². The number of pyridine rings is 1. The number of H-pyrrole nitrogens is 1. The molecule has 0 radical (unpaired) electrons. The van der Waals surface area contributed by atoms with Gasteiger partial charge < -0.3 is 20.2 Å². The summed E-state index contributed by atoms with van der Waals surface area (Å²) in [5.41, 5.74) is 0.222. The van der Waals surface area contributed by atoms with Gasteiger partial charge in [0.15, 0.2) is 0 Å². The second kappa shape index (κ2) is 13.1. The van der Waals surface area contributed by atoms with Crippen molar-refractivity contribution in [2.45, 2.75) is 82.8 Å². The van der Waals surface area contributed by atoms with E-state index in [-0.39, 0.29) is 66.1 Å². The van der Waals surface area contributed by atoms with E-state index in [4.69, 9.17) is 0 Å². The van der Waals surface area contributed by atoms with Crippen LogP contribution in [0.4, 0.5) is 14.6 Å². The average molecular weight is 673 g/mol. The van der Waals surface area contributed by atoms with Crippen molar-refractivity contribution in [2.75, 3.05) is 36.5 Å². The zero-order chi connectivity index (χ0) is 33.5. The zero-order valence-electron chi connectivity index (χ0n) is 26.7. The number of alkyl halides is 2. The summed E-state index contributed by atoms with van der Waals surface area (Å²) in [6, 6.07) is 4.92. The molecule has 3 aromatic rings.